The summed E-state index contributed by atoms with van der Waals surface area (Å²) in [7, 11) is 0. The van der Waals surface area contributed by atoms with Gasteiger partial charge in [0.25, 0.3) is 0 Å². The highest BCUT2D eigenvalue weighted by Crippen LogP contribution is 2.18. The summed E-state index contributed by atoms with van der Waals surface area (Å²) in [5.41, 5.74) is 0.596. The second-order valence-electron chi connectivity index (χ2n) is 4.68. The first-order valence-corrected chi connectivity index (χ1v) is 6.58. The first-order chi connectivity index (χ1) is 8.88. The molecule has 2 rings (SSSR count). The maximum Gasteiger partial charge on any atom is 0.214 e. The van der Waals surface area contributed by atoms with Gasteiger partial charge >= 0.3 is 0 Å². The quantitative estimate of drug-likeness (QED) is 0.807. The van der Waals surface area contributed by atoms with Gasteiger partial charge < -0.3 is 10.1 Å². The summed E-state index contributed by atoms with van der Waals surface area (Å²) in [6.45, 7) is 2.99. The molecule has 0 saturated carbocycles. The van der Waals surface area contributed by atoms with Crippen LogP contribution in [-0.2, 0) is 0 Å². The molecule has 0 unspecified atom stereocenters. The Morgan fingerprint density at radius 3 is 3.06 bits per heavy atom. The Bertz CT molecular complexity index is 408. The number of aromatic nitrogens is 1. The van der Waals surface area contributed by atoms with E-state index in [9.17, 15) is 0 Å². The fraction of sp³-hybridized carbons (Fsp3) is 0.571. The number of nitrogens with zero attached hydrogens (tertiary/aromatic N) is 2. The second-order valence-corrected chi connectivity index (χ2v) is 4.68. The van der Waals surface area contributed by atoms with Crippen molar-refractivity contribution in [3.8, 4) is 11.9 Å². The highest BCUT2D eigenvalue weighted by Gasteiger charge is 2.12. The van der Waals surface area contributed by atoms with E-state index in [0.29, 0.717) is 18.1 Å². The van der Waals surface area contributed by atoms with E-state index in [1.165, 1.54) is 19.3 Å². The van der Waals surface area contributed by atoms with Crippen molar-refractivity contribution in [1.82, 2.24) is 10.3 Å². The number of hydrogen-bond donors (Lipinski definition) is 1. The lowest BCUT2D eigenvalue weighted by molar-refractivity contribution is 0.266. The summed E-state index contributed by atoms with van der Waals surface area (Å²) in [6.07, 6.45) is 6.45. The Balaban J connectivity index is 1.67. The molecule has 4 nitrogen and oxygen atoms in total. The van der Waals surface area contributed by atoms with Gasteiger partial charge in [0.05, 0.1) is 18.2 Å². The van der Waals surface area contributed by atoms with Crippen molar-refractivity contribution in [1.29, 1.82) is 5.26 Å². The molecule has 1 aliphatic heterocycles. The molecule has 0 aliphatic carbocycles. The first kappa shape index (κ1) is 12.8. The van der Waals surface area contributed by atoms with Crippen molar-refractivity contribution in [3.63, 3.8) is 0 Å². The van der Waals surface area contributed by atoms with Gasteiger partial charge in [0.2, 0.25) is 5.88 Å². The third kappa shape index (κ3) is 4.01. The molecule has 2 heterocycles. The van der Waals surface area contributed by atoms with Gasteiger partial charge in [0.15, 0.2) is 0 Å². The highest BCUT2D eigenvalue weighted by molar-refractivity contribution is 5.31. The van der Waals surface area contributed by atoms with Crippen LogP contribution < -0.4 is 10.1 Å². The van der Waals surface area contributed by atoms with Gasteiger partial charge in [0, 0.05) is 12.3 Å². The average Bonchev–Trinajstić information content (AvgIpc) is 2.45. The number of piperidine rings is 1. The van der Waals surface area contributed by atoms with E-state index < -0.39 is 0 Å². The average molecular weight is 245 g/mol. The highest BCUT2D eigenvalue weighted by atomic mass is 16.5. The third-order valence-electron chi connectivity index (χ3n) is 3.33. The summed E-state index contributed by atoms with van der Waals surface area (Å²) < 4.78 is 5.56. The minimum atomic E-state index is 0.555. The Labute approximate surface area is 108 Å². The lowest BCUT2D eigenvalue weighted by Gasteiger charge is -2.22. The summed E-state index contributed by atoms with van der Waals surface area (Å²) in [4.78, 5) is 4.09. The van der Waals surface area contributed by atoms with Crippen LogP contribution in [0.1, 0.15) is 31.2 Å². The number of hydrogen-bond acceptors (Lipinski definition) is 4. The van der Waals surface area contributed by atoms with Gasteiger partial charge in [-0.05, 0) is 50.8 Å². The molecule has 1 aromatic heterocycles. The Kier molecular flexibility index (Phi) is 4.98. The fourth-order valence-electron chi connectivity index (χ4n) is 2.28. The van der Waals surface area contributed by atoms with Crippen molar-refractivity contribution in [2.24, 2.45) is 5.92 Å². The van der Waals surface area contributed by atoms with Crippen LogP contribution in [0.25, 0.3) is 0 Å². The molecule has 0 bridgehead atoms. The molecule has 1 fully saturated rings. The smallest absolute Gasteiger partial charge is 0.214 e. The van der Waals surface area contributed by atoms with Gasteiger partial charge in [-0.15, -0.1) is 0 Å². The van der Waals surface area contributed by atoms with E-state index in [2.05, 4.69) is 16.4 Å². The van der Waals surface area contributed by atoms with Gasteiger partial charge in [-0.25, -0.2) is 4.98 Å². The zero-order valence-electron chi connectivity index (χ0n) is 10.6. The van der Waals surface area contributed by atoms with Crippen molar-refractivity contribution in [2.75, 3.05) is 19.7 Å². The van der Waals surface area contributed by atoms with Crippen LogP contribution in [0.3, 0.4) is 0 Å². The van der Waals surface area contributed by atoms with Crippen LogP contribution in [0.2, 0.25) is 0 Å². The minimum absolute atomic E-state index is 0.555. The second kappa shape index (κ2) is 6.97. The zero-order valence-corrected chi connectivity index (χ0v) is 10.6. The van der Waals surface area contributed by atoms with Crippen LogP contribution in [0.15, 0.2) is 18.3 Å². The molecular weight excluding hydrogens is 226 g/mol. The number of ether oxygens (including phenoxy) is 1. The van der Waals surface area contributed by atoms with Crippen LogP contribution in [0.5, 0.6) is 5.88 Å². The predicted molar refractivity (Wildman–Crippen MR) is 69.3 cm³/mol. The van der Waals surface area contributed by atoms with Crippen molar-refractivity contribution >= 4 is 0 Å². The molecule has 1 aliphatic rings. The molecule has 0 radical (unpaired) electrons. The van der Waals surface area contributed by atoms with Crippen LogP contribution >= 0.6 is 0 Å². The molecule has 18 heavy (non-hydrogen) atoms. The molecule has 96 valence electrons. The van der Waals surface area contributed by atoms with E-state index in [-0.39, 0.29) is 0 Å². The number of pyridine rings is 1. The molecule has 1 saturated heterocycles. The number of nitrogens with one attached hydrogen (secondary N) is 1. The van der Waals surface area contributed by atoms with Crippen molar-refractivity contribution < 1.29 is 4.74 Å². The molecule has 1 N–H and O–H groups in total. The van der Waals surface area contributed by atoms with E-state index in [1.807, 2.05) is 0 Å². The third-order valence-corrected chi connectivity index (χ3v) is 3.33. The summed E-state index contributed by atoms with van der Waals surface area (Å²) in [5, 5.41) is 12.1. The van der Waals surface area contributed by atoms with Crippen LogP contribution in [-0.4, -0.2) is 24.7 Å². The Hall–Kier alpha value is -1.60. The van der Waals surface area contributed by atoms with E-state index >= 15 is 0 Å². The standard InChI is InChI=1S/C14H19N3O/c15-11-13-5-8-17-14(10-13)18-9-1-2-12-3-6-16-7-4-12/h5,8,10,12,16H,1-4,6-7,9H2. The summed E-state index contributed by atoms with van der Waals surface area (Å²) >= 11 is 0. The number of rotatable bonds is 5. The molecular formula is C14H19N3O. The molecule has 0 aromatic carbocycles. The van der Waals surface area contributed by atoms with Gasteiger partial charge in [-0.1, -0.05) is 0 Å². The molecule has 4 heteroatoms. The minimum Gasteiger partial charge on any atom is -0.478 e. The number of nitriles is 1. The fourth-order valence-corrected chi connectivity index (χ4v) is 2.28. The van der Waals surface area contributed by atoms with Gasteiger partial charge in [-0.2, -0.15) is 5.26 Å². The maximum atomic E-state index is 8.76. The Morgan fingerprint density at radius 1 is 1.44 bits per heavy atom. The van der Waals surface area contributed by atoms with Crippen LogP contribution in [0, 0.1) is 17.2 Å². The first-order valence-electron chi connectivity index (χ1n) is 6.58. The topological polar surface area (TPSA) is 57.9 Å². The van der Waals surface area contributed by atoms with Crippen LogP contribution in [0.4, 0.5) is 0 Å². The summed E-state index contributed by atoms with van der Waals surface area (Å²) in [6, 6.07) is 5.45. The van der Waals surface area contributed by atoms with Crippen molar-refractivity contribution in [2.45, 2.75) is 25.7 Å². The molecule has 0 amide bonds. The zero-order chi connectivity index (χ0) is 12.6. The van der Waals surface area contributed by atoms with E-state index in [4.69, 9.17) is 10.00 Å². The van der Waals surface area contributed by atoms with Gasteiger partial charge in [0.1, 0.15) is 0 Å². The monoisotopic (exact) mass is 245 g/mol. The lowest BCUT2D eigenvalue weighted by atomic mass is 9.93. The summed E-state index contributed by atoms with van der Waals surface area (Å²) in [5.74, 6) is 1.40. The molecule has 0 spiro atoms. The predicted octanol–water partition coefficient (Wildman–Crippen LogP) is 2.11. The SMILES string of the molecule is N#Cc1ccnc(OCCCC2CCNCC2)c1. The lowest BCUT2D eigenvalue weighted by Crippen LogP contribution is -2.27. The van der Waals surface area contributed by atoms with Crippen molar-refractivity contribution in [3.05, 3.63) is 23.9 Å². The largest absolute Gasteiger partial charge is 0.478 e. The maximum absolute atomic E-state index is 8.76. The molecule has 0 atom stereocenters. The van der Waals surface area contributed by atoms with Gasteiger partial charge in [-0.3, -0.25) is 0 Å². The normalized spacial score (nSPS) is 16.2. The van der Waals surface area contributed by atoms with E-state index in [1.54, 1.807) is 18.3 Å². The molecule has 1 aromatic rings. The van der Waals surface area contributed by atoms with E-state index in [0.717, 1.165) is 25.4 Å². The Morgan fingerprint density at radius 2 is 2.28 bits per heavy atom.